The molecule has 0 radical (unpaired) electrons. The highest BCUT2D eigenvalue weighted by Gasteiger charge is 1.99. The minimum absolute atomic E-state index is 0. The number of hydrogen-bond donors (Lipinski definition) is 2. The van der Waals surface area contributed by atoms with Crippen LogP contribution in [-0.2, 0) is 0 Å². The molecule has 0 saturated heterocycles. The molecule has 0 bridgehead atoms. The van der Waals surface area contributed by atoms with Crippen molar-refractivity contribution in [2.24, 2.45) is 21.5 Å². The van der Waals surface area contributed by atoms with Crippen LogP contribution in [0.5, 0.6) is 0 Å². The summed E-state index contributed by atoms with van der Waals surface area (Å²) < 4.78 is 0. The largest absolute Gasteiger partial charge is 0.384 e. The Morgan fingerprint density at radius 2 is 0.765 bits per heavy atom. The summed E-state index contributed by atoms with van der Waals surface area (Å²) in [5.41, 5.74) is 16.7. The zero-order chi connectivity index (χ0) is 23.0. The van der Waals surface area contributed by atoms with Gasteiger partial charge in [0.15, 0.2) is 0 Å². The van der Waals surface area contributed by atoms with Crippen molar-refractivity contribution >= 4 is 36.5 Å². The standard InChI is InChI=1S/C28H42N4.2ClH/c1-23-13-17-25(18-14-23)27(29)31-21-11-9-7-5-3-4-6-8-10-12-22-32-28(30)26-19-15-24(2)16-20-26;;/h13-20H,3-12,21-22H2,1-2H3,(H2,29,31)(H2,30,32);2*1H. The first-order valence-corrected chi connectivity index (χ1v) is 12.3. The van der Waals surface area contributed by atoms with Crippen LogP contribution in [0.1, 0.15) is 86.5 Å². The maximum Gasteiger partial charge on any atom is 0.125 e. The third-order valence-electron chi connectivity index (χ3n) is 5.83. The van der Waals surface area contributed by atoms with Gasteiger partial charge in [-0.25, -0.2) is 0 Å². The smallest absolute Gasteiger partial charge is 0.125 e. The molecule has 0 fully saturated rings. The summed E-state index contributed by atoms with van der Waals surface area (Å²) in [5, 5.41) is 0. The number of rotatable bonds is 15. The van der Waals surface area contributed by atoms with E-state index in [4.69, 9.17) is 11.5 Å². The first kappa shape index (κ1) is 32.0. The zero-order valence-corrected chi connectivity index (χ0v) is 22.6. The fourth-order valence-electron chi connectivity index (χ4n) is 3.67. The van der Waals surface area contributed by atoms with Gasteiger partial charge in [-0.3, -0.25) is 9.98 Å². The third-order valence-corrected chi connectivity index (χ3v) is 5.83. The van der Waals surface area contributed by atoms with E-state index < -0.39 is 0 Å². The van der Waals surface area contributed by atoms with E-state index in [0.717, 1.165) is 37.1 Å². The Balaban J connectivity index is 0.00000544. The summed E-state index contributed by atoms with van der Waals surface area (Å²) >= 11 is 0. The average molecular weight is 508 g/mol. The molecule has 0 unspecified atom stereocenters. The predicted molar refractivity (Wildman–Crippen MR) is 154 cm³/mol. The predicted octanol–water partition coefficient (Wildman–Crippen LogP) is 7.16. The molecule has 0 aromatic heterocycles. The van der Waals surface area contributed by atoms with Crippen molar-refractivity contribution in [3.8, 4) is 0 Å². The molecule has 2 rings (SSSR count). The van der Waals surface area contributed by atoms with Crippen LogP contribution in [0.15, 0.2) is 58.5 Å². The van der Waals surface area contributed by atoms with Crippen molar-refractivity contribution in [1.82, 2.24) is 0 Å². The molecule has 6 heteroatoms. The Bertz CT molecular complexity index is 759. The summed E-state index contributed by atoms with van der Waals surface area (Å²) in [4.78, 5) is 9.03. The number of aliphatic imine (C=N–C) groups is 2. The third kappa shape index (κ3) is 13.6. The lowest BCUT2D eigenvalue weighted by Crippen LogP contribution is -2.13. The molecule has 4 N–H and O–H groups in total. The van der Waals surface area contributed by atoms with Gasteiger partial charge >= 0.3 is 0 Å². The maximum atomic E-state index is 6.07. The molecule has 4 nitrogen and oxygen atoms in total. The molecule has 2 aromatic carbocycles. The lowest BCUT2D eigenvalue weighted by molar-refractivity contribution is 0.554. The van der Waals surface area contributed by atoms with E-state index in [9.17, 15) is 0 Å². The second-order valence-corrected chi connectivity index (χ2v) is 8.80. The topological polar surface area (TPSA) is 76.8 Å². The van der Waals surface area contributed by atoms with Crippen LogP contribution in [0.3, 0.4) is 0 Å². The van der Waals surface area contributed by atoms with Crippen molar-refractivity contribution in [3.05, 3.63) is 70.8 Å². The van der Waals surface area contributed by atoms with E-state index >= 15 is 0 Å². The minimum atomic E-state index is 0. The second kappa shape index (κ2) is 19.3. The zero-order valence-electron chi connectivity index (χ0n) is 21.0. The second-order valence-electron chi connectivity index (χ2n) is 8.80. The van der Waals surface area contributed by atoms with Crippen LogP contribution in [0, 0.1) is 13.8 Å². The SMILES string of the molecule is Cc1ccc(C(N)=NCCCCCCCCCCCCN=C(N)c2ccc(C)cc2)cc1.Cl.Cl. The Morgan fingerprint density at radius 3 is 1.06 bits per heavy atom. The summed E-state index contributed by atoms with van der Waals surface area (Å²) in [6, 6.07) is 16.5. The molecule has 0 spiro atoms. The Kier molecular flexibility index (Phi) is 18.1. The normalized spacial score (nSPS) is 11.6. The van der Waals surface area contributed by atoms with Gasteiger partial charge in [-0.2, -0.15) is 0 Å². The molecule has 2 aromatic rings. The number of halogens is 2. The van der Waals surface area contributed by atoms with Gasteiger partial charge in [-0.05, 0) is 26.7 Å². The Labute approximate surface area is 219 Å². The van der Waals surface area contributed by atoms with Crippen molar-refractivity contribution in [2.45, 2.75) is 78.1 Å². The molecule has 0 aliphatic rings. The number of benzene rings is 2. The van der Waals surface area contributed by atoms with Gasteiger partial charge < -0.3 is 11.5 Å². The highest BCUT2D eigenvalue weighted by Crippen LogP contribution is 2.11. The van der Waals surface area contributed by atoms with Gasteiger partial charge in [0, 0.05) is 24.2 Å². The van der Waals surface area contributed by atoms with Gasteiger partial charge in [0.05, 0.1) is 0 Å². The number of nitrogens with two attached hydrogens (primary N) is 2. The molecule has 34 heavy (non-hydrogen) atoms. The number of unbranched alkanes of at least 4 members (excludes halogenated alkanes) is 9. The van der Waals surface area contributed by atoms with Gasteiger partial charge in [0.1, 0.15) is 11.7 Å². The first-order valence-electron chi connectivity index (χ1n) is 12.3. The van der Waals surface area contributed by atoms with Gasteiger partial charge in [0.2, 0.25) is 0 Å². The Hall–Kier alpha value is -2.04. The molecular weight excluding hydrogens is 463 g/mol. The molecule has 0 saturated carbocycles. The number of aryl methyl sites for hydroxylation is 2. The molecule has 0 heterocycles. The first-order chi connectivity index (χ1) is 15.6. The number of hydrogen-bond acceptors (Lipinski definition) is 2. The average Bonchev–Trinajstić information content (AvgIpc) is 2.80. The summed E-state index contributed by atoms with van der Waals surface area (Å²) in [6.45, 7) is 5.82. The summed E-state index contributed by atoms with van der Waals surface area (Å²) in [7, 11) is 0. The molecular formula is C28H44Cl2N4. The van der Waals surface area contributed by atoms with Crippen molar-refractivity contribution in [2.75, 3.05) is 13.1 Å². The lowest BCUT2D eigenvalue weighted by Gasteiger charge is -2.04. The van der Waals surface area contributed by atoms with E-state index in [0.29, 0.717) is 11.7 Å². The highest BCUT2D eigenvalue weighted by atomic mass is 35.5. The fourth-order valence-corrected chi connectivity index (χ4v) is 3.67. The van der Waals surface area contributed by atoms with Crippen LogP contribution >= 0.6 is 24.8 Å². The minimum Gasteiger partial charge on any atom is -0.384 e. The maximum absolute atomic E-state index is 6.07. The van der Waals surface area contributed by atoms with Crippen LogP contribution in [0.25, 0.3) is 0 Å². The molecule has 0 atom stereocenters. The van der Waals surface area contributed by atoms with Crippen LogP contribution in [-0.4, -0.2) is 24.8 Å². The summed E-state index contributed by atoms with van der Waals surface area (Å²) in [5.74, 6) is 1.32. The van der Waals surface area contributed by atoms with E-state index in [1.807, 2.05) is 24.3 Å². The molecule has 0 aliphatic carbocycles. The summed E-state index contributed by atoms with van der Waals surface area (Å²) in [6.07, 6.45) is 12.7. The Morgan fingerprint density at radius 1 is 0.500 bits per heavy atom. The molecule has 0 aliphatic heterocycles. The molecule has 190 valence electrons. The molecule has 0 amide bonds. The quantitative estimate of drug-likeness (QED) is 0.152. The highest BCUT2D eigenvalue weighted by molar-refractivity contribution is 5.97. The van der Waals surface area contributed by atoms with E-state index in [-0.39, 0.29) is 24.8 Å². The van der Waals surface area contributed by atoms with Crippen molar-refractivity contribution in [1.29, 1.82) is 0 Å². The van der Waals surface area contributed by atoms with Crippen molar-refractivity contribution < 1.29 is 0 Å². The van der Waals surface area contributed by atoms with E-state index in [1.165, 1.54) is 62.5 Å². The van der Waals surface area contributed by atoms with E-state index in [2.05, 4.69) is 48.1 Å². The number of amidine groups is 2. The number of nitrogens with zero attached hydrogens (tertiary/aromatic N) is 2. The van der Waals surface area contributed by atoms with Crippen LogP contribution in [0.4, 0.5) is 0 Å². The van der Waals surface area contributed by atoms with Gasteiger partial charge in [0.25, 0.3) is 0 Å². The lowest BCUT2D eigenvalue weighted by atomic mass is 10.1. The van der Waals surface area contributed by atoms with Gasteiger partial charge in [-0.1, -0.05) is 111 Å². The van der Waals surface area contributed by atoms with Crippen LogP contribution < -0.4 is 11.5 Å². The van der Waals surface area contributed by atoms with E-state index in [1.54, 1.807) is 0 Å². The van der Waals surface area contributed by atoms with Crippen molar-refractivity contribution in [3.63, 3.8) is 0 Å². The monoisotopic (exact) mass is 506 g/mol. The van der Waals surface area contributed by atoms with Gasteiger partial charge in [-0.15, -0.1) is 24.8 Å². The fraction of sp³-hybridized carbons (Fsp3) is 0.500. The van der Waals surface area contributed by atoms with Crippen LogP contribution in [0.2, 0.25) is 0 Å².